The topological polar surface area (TPSA) is 12.4 Å². The zero-order valence-electron chi connectivity index (χ0n) is 13.8. The van der Waals surface area contributed by atoms with E-state index in [9.17, 15) is 0 Å². The first-order valence-electron chi connectivity index (χ1n) is 7.31. The molecular formula is C19H29N. The Kier molecular flexibility index (Phi) is 9.36. The quantitative estimate of drug-likeness (QED) is 0.284. The van der Waals surface area contributed by atoms with E-state index in [1.54, 1.807) is 0 Å². The number of hydrogen-bond acceptors (Lipinski definition) is 1. The summed E-state index contributed by atoms with van der Waals surface area (Å²) in [4.78, 5) is 4.61. The smallest absolute Gasteiger partial charge is 0.0630 e. The van der Waals surface area contributed by atoms with Crippen molar-refractivity contribution >= 4 is 5.71 Å². The van der Waals surface area contributed by atoms with Crippen molar-refractivity contribution in [2.45, 2.75) is 53.9 Å². The first kappa shape index (κ1) is 18.4. The monoisotopic (exact) mass is 271 g/mol. The van der Waals surface area contributed by atoms with E-state index < -0.39 is 0 Å². The van der Waals surface area contributed by atoms with Gasteiger partial charge in [-0.3, -0.25) is 4.99 Å². The standard InChI is InChI=1S/C19H29N/c1-8-10-13-19(14-11-12-15(3)4)18(7)20-17(6)16(5)9-2/h9-10,13-14H,3,7-8,11-12H2,1-2,4-6H3/b13-10-,16-9-,19-14+,20-17?. The molecule has 0 heterocycles. The van der Waals surface area contributed by atoms with Crippen LogP contribution in [0.15, 0.2) is 64.9 Å². The minimum Gasteiger partial charge on any atom is -0.254 e. The van der Waals surface area contributed by atoms with Crippen molar-refractivity contribution in [2.75, 3.05) is 0 Å². The number of hydrogen-bond donors (Lipinski definition) is 0. The van der Waals surface area contributed by atoms with Gasteiger partial charge in [0.25, 0.3) is 0 Å². The molecule has 0 unspecified atom stereocenters. The van der Waals surface area contributed by atoms with Gasteiger partial charge in [0.05, 0.1) is 5.70 Å². The Balaban J connectivity index is 5.08. The molecule has 0 aromatic heterocycles. The van der Waals surface area contributed by atoms with Gasteiger partial charge in [-0.2, -0.15) is 0 Å². The van der Waals surface area contributed by atoms with Crippen LogP contribution in [-0.2, 0) is 0 Å². The molecule has 0 aromatic rings. The van der Waals surface area contributed by atoms with Crippen LogP contribution < -0.4 is 0 Å². The van der Waals surface area contributed by atoms with E-state index in [1.165, 1.54) is 11.1 Å². The van der Waals surface area contributed by atoms with Gasteiger partial charge >= 0.3 is 0 Å². The van der Waals surface area contributed by atoms with Crippen molar-refractivity contribution in [3.63, 3.8) is 0 Å². The zero-order valence-corrected chi connectivity index (χ0v) is 13.8. The molecule has 0 spiro atoms. The lowest BCUT2D eigenvalue weighted by atomic mass is 10.1. The second-order valence-corrected chi connectivity index (χ2v) is 5.08. The summed E-state index contributed by atoms with van der Waals surface area (Å²) < 4.78 is 0. The maximum absolute atomic E-state index is 4.61. The van der Waals surface area contributed by atoms with Gasteiger partial charge in [0, 0.05) is 5.71 Å². The van der Waals surface area contributed by atoms with Crippen LogP contribution in [0.4, 0.5) is 0 Å². The van der Waals surface area contributed by atoms with Gasteiger partial charge in [0.1, 0.15) is 0 Å². The van der Waals surface area contributed by atoms with Crippen molar-refractivity contribution in [2.24, 2.45) is 4.99 Å². The van der Waals surface area contributed by atoms with E-state index in [0.29, 0.717) is 0 Å². The molecule has 0 aliphatic rings. The third-order valence-corrected chi connectivity index (χ3v) is 3.11. The predicted molar refractivity (Wildman–Crippen MR) is 93.2 cm³/mol. The minimum absolute atomic E-state index is 0.829. The Bertz CT molecular complexity index is 456. The molecule has 0 saturated heterocycles. The highest BCUT2D eigenvalue weighted by Gasteiger charge is 2.00. The van der Waals surface area contributed by atoms with E-state index in [-0.39, 0.29) is 0 Å². The number of allylic oxidation sites excluding steroid dienone is 6. The van der Waals surface area contributed by atoms with Crippen LogP contribution in [0.2, 0.25) is 0 Å². The van der Waals surface area contributed by atoms with Crippen LogP contribution in [0.25, 0.3) is 0 Å². The molecule has 1 heteroatoms. The second-order valence-electron chi connectivity index (χ2n) is 5.08. The highest BCUT2D eigenvalue weighted by atomic mass is 14.8. The summed E-state index contributed by atoms with van der Waals surface area (Å²) in [6.45, 7) is 18.3. The molecule has 0 radical (unpaired) electrons. The molecular weight excluding hydrogens is 242 g/mol. The Morgan fingerprint density at radius 1 is 1.15 bits per heavy atom. The van der Waals surface area contributed by atoms with Crippen molar-refractivity contribution in [3.05, 3.63) is 59.9 Å². The van der Waals surface area contributed by atoms with Crippen molar-refractivity contribution in [1.29, 1.82) is 0 Å². The van der Waals surface area contributed by atoms with Gasteiger partial charge in [-0.1, -0.05) is 43.4 Å². The lowest BCUT2D eigenvalue weighted by Gasteiger charge is -2.06. The average Bonchev–Trinajstić information content (AvgIpc) is 2.40. The largest absolute Gasteiger partial charge is 0.254 e. The normalized spacial score (nSPS) is 13.9. The van der Waals surface area contributed by atoms with E-state index in [2.05, 4.69) is 63.2 Å². The molecule has 0 rings (SSSR count). The number of nitrogens with zero attached hydrogens (tertiary/aromatic N) is 1. The van der Waals surface area contributed by atoms with E-state index in [4.69, 9.17) is 0 Å². The van der Waals surface area contributed by atoms with Gasteiger partial charge in [-0.15, -0.1) is 6.58 Å². The summed E-state index contributed by atoms with van der Waals surface area (Å²) in [6, 6.07) is 0. The van der Waals surface area contributed by atoms with Gasteiger partial charge in [-0.25, -0.2) is 0 Å². The fraction of sp³-hybridized carbons (Fsp3) is 0.421. The Morgan fingerprint density at radius 3 is 2.30 bits per heavy atom. The van der Waals surface area contributed by atoms with Crippen molar-refractivity contribution in [3.8, 4) is 0 Å². The van der Waals surface area contributed by atoms with Crippen molar-refractivity contribution < 1.29 is 0 Å². The van der Waals surface area contributed by atoms with Crippen molar-refractivity contribution in [1.82, 2.24) is 0 Å². The Morgan fingerprint density at radius 2 is 1.80 bits per heavy atom. The first-order chi connectivity index (χ1) is 9.42. The van der Waals surface area contributed by atoms with Crippen LogP contribution in [0, 0.1) is 0 Å². The summed E-state index contributed by atoms with van der Waals surface area (Å²) in [6.07, 6.45) is 11.5. The molecule has 0 aliphatic carbocycles. The van der Waals surface area contributed by atoms with E-state index >= 15 is 0 Å². The summed E-state index contributed by atoms with van der Waals surface area (Å²) >= 11 is 0. The maximum Gasteiger partial charge on any atom is 0.0630 e. The average molecular weight is 271 g/mol. The summed E-state index contributed by atoms with van der Waals surface area (Å²) in [5.41, 5.74) is 5.35. The fourth-order valence-electron chi connectivity index (χ4n) is 1.56. The Labute approximate surface area is 125 Å². The van der Waals surface area contributed by atoms with Crippen LogP contribution in [0.1, 0.15) is 53.9 Å². The highest BCUT2D eigenvalue weighted by molar-refractivity contribution is 5.98. The molecule has 0 N–H and O–H groups in total. The molecule has 110 valence electrons. The second kappa shape index (κ2) is 10.2. The van der Waals surface area contributed by atoms with E-state index in [0.717, 1.165) is 36.2 Å². The Hall–Kier alpha value is -1.63. The van der Waals surface area contributed by atoms with Crippen LogP contribution in [0.3, 0.4) is 0 Å². The molecule has 0 fully saturated rings. The zero-order chi connectivity index (χ0) is 15.5. The molecule has 20 heavy (non-hydrogen) atoms. The fourth-order valence-corrected chi connectivity index (χ4v) is 1.56. The van der Waals surface area contributed by atoms with E-state index in [1.807, 2.05) is 13.8 Å². The SMILES string of the molecule is C=C(C)CC/C=C(\C=C/CC)C(=C)N=C(C)/C(C)=C\C. The summed E-state index contributed by atoms with van der Waals surface area (Å²) in [5.74, 6) is 0. The number of aliphatic imine (C=N–C) groups is 1. The predicted octanol–water partition coefficient (Wildman–Crippen LogP) is 6.18. The van der Waals surface area contributed by atoms with Gasteiger partial charge in [0.2, 0.25) is 0 Å². The minimum atomic E-state index is 0.829. The first-order valence-corrected chi connectivity index (χ1v) is 7.31. The lowest BCUT2D eigenvalue weighted by Crippen LogP contribution is -1.95. The molecule has 0 aliphatic heterocycles. The van der Waals surface area contributed by atoms with Crippen LogP contribution in [-0.4, -0.2) is 5.71 Å². The summed E-state index contributed by atoms with van der Waals surface area (Å²) in [5, 5.41) is 0. The maximum atomic E-state index is 4.61. The molecule has 0 atom stereocenters. The van der Waals surface area contributed by atoms with Gasteiger partial charge in [-0.05, 0) is 58.1 Å². The van der Waals surface area contributed by atoms with Gasteiger partial charge < -0.3 is 0 Å². The lowest BCUT2D eigenvalue weighted by molar-refractivity contribution is 0.976. The van der Waals surface area contributed by atoms with Crippen LogP contribution in [0.5, 0.6) is 0 Å². The molecule has 0 amide bonds. The highest BCUT2D eigenvalue weighted by Crippen LogP contribution is 2.16. The van der Waals surface area contributed by atoms with Gasteiger partial charge in [0.15, 0.2) is 0 Å². The third kappa shape index (κ3) is 7.73. The molecule has 0 saturated carbocycles. The molecule has 0 aromatic carbocycles. The third-order valence-electron chi connectivity index (χ3n) is 3.11. The summed E-state index contributed by atoms with van der Waals surface area (Å²) in [7, 11) is 0. The molecule has 0 bridgehead atoms. The molecule has 1 nitrogen and oxygen atoms in total. The van der Waals surface area contributed by atoms with Crippen LogP contribution >= 0.6 is 0 Å². The number of rotatable bonds is 8.